The van der Waals surface area contributed by atoms with Crippen LogP contribution in [0.3, 0.4) is 0 Å². The van der Waals surface area contributed by atoms with E-state index in [9.17, 15) is 4.79 Å². The molecule has 4 N–H and O–H groups in total. The molecule has 0 radical (unpaired) electrons. The van der Waals surface area contributed by atoms with E-state index in [4.69, 9.17) is 5.73 Å². The van der Waals surface area contributed by atoms with Gasteiger partial charge in [-0.15, -0.1) is 17.5 Å². The standard InChI is InChI=1S/C8H14N6O.ClH/c9-6-3-1-2-5(6)4-7(15)10-8-11-13-14-12-8;/h5-6H,1-4,9H2,(H2,10,11,12,13,14,15);1H/t5-,6+;/m0./s1. The predicted molar refractivity (Wildman–Crippen MR) is 60.0 cm³/mol. The number of carbonyl (C=O) groups excluding carboxylic acids is 1. The van der Waals surface area contributed by atoms with Crippen LogP contribution < -0.4 is 11.1 Å². The first-order chi connectivity index (χ1) is 7.25. The van der Waals surface area contributed by atoms with E-state index >= 15 is 0 Å². The van der Waals surface area contributed by atoms with E-state index in [1.54, 1.807) is 0 Å². The van der Waals surface area contributed by atoms with Gasteiger partial charge in [-0.3, -0.25) is 10.1 Å². The van der Waals surface area contributed by atoms with Crippen molar-refractivity contribution < 1.29 is 4.79 Å². The number of anilines is 1. The number of nitrogens with zero attached hydrogens (tertiary/aromatic N) is 3. The number of aromatic nitrogens is 4. The molecular weight excluding hydrogens is 232 g/mol. The molecule has 0 bridgehead atoms. The van der Waals surface area contributed by atoms with Crippen LogP contribution in [0.5, 0.6) is 0 Å². The largest absolute Gasteiger partial charge is 0.327 e. The van der Waals surface area contributed by atoms with Gasteiger partial charge >= 0.3 is 0 Å². The second-order valence-corrected chi connectivity index (χ2v) is 3.84. The van der Waals surface area contributed by atoms with Crippen molar-refractivity contribution in [2.45, 2.75) is 31.7 Å². The molecule has 8 heteroatoms. The van der Waals surface area contributed by atoms with Crippen molar-refractivity contribution in [2.75, 3.05) is 5.32 Å². The summed E-state index contributed by atoms with van der Waals surface area (Å²) in [7, 11) is 0. The quantitative estimate of drug-likeness (QED) is 0.700. The van der Waals surface area contributed by atoms with Crippen molar-refractivity contribution in [1.29, 1.82) is 0 Å². The number of aromatic amines is 1. The molecule has 1 heterocycles. The molecule has 2 rings (SSSR count). The Balaban J connectivity index is 0.00000128. The number of tetrazole rings is 1. The van der Waals surface area contributed by atoms with Crippen molar-refractivity contribution >= 4 is 24.3 Å². The second kappa shape index (κ2) is 5.76. The molecule has 90 valence electrons. The van der Waals surface area contributed by atoms with Crippen molar-refractivity contribution in [3.05, 3.63) is 0 Å². The third kappa shape index (κ3) is 3.14. The highest BCUT2D eigenvalue weighted by molar-refractivity contribution is 5.88. The Hall–Kier alpha value is -1.21. The Morgan fingerprint density at radius 3 is 2.94 bits per heavy atom. The highest BCUT2D eigenvalue weighted by atomic mass is 35.5. The number of nitrogens with two attached hydrogens (primary N) is 1. The molecule has 1 aromatic rings. The Labute approximate surface area is 99.0 Å². The molecule has 16 heavy (non-hydrogen) atoms. The third-order valence-corrected chi connectivity index (χ3v) is 2.76. The van der Waals surface area contributed by atoms with Gasteiger partial charge in [0.15, 0.2) is 0 Å². The lowest BCUT2D eigenvalue weighted by atomic mass is 10.00. The topological polar surface area (TPSA) is 110 Å². The number of hydrogen-bond acceptors (Lipinski definition) is 5. The molecule has 1 aliphatic rings. The van der Waals surface area contributed by atoms with Crippen LogP contribution in [-0.2, 0) is 4.79 Å². The summed E-state index contributed by atoms with van der Waals surface area (Å²) in [6.07, 6.45) is 3.60. The lowest BCUT2D eigenvalue weighted by molar-refractivity contribution is -0.117. The summed E-state index contributed by atoms with van der Waals surface area (Å²) in [5.41, 5.74) is 5.87. The molecule has 1 fully saturated rings. The minimum absolute atomic E-state index is 0. The first kappa shape index (κ1) is 12.9. The maximum Gasteiger partial charge on any atom is 0.269 e. The first-order valence-corrected chi connectivity index (χ1v) is 5.04. The van der Waals surface area contributed by atoms with Crippen LogP contribution in [0.1, 0.15) is 25.7 Å². The highest BCUT2D eigenvalue weighted by Gasteiger charge is 2.26. The fraction of sp³-hybridized carbons (Fsp3) is 0.750. The van der Waals surface area contributed by atoms with E-state index in [0.29, 0.717) is 6.42 Å². The van der Waals surface area contributed by atoms with Gasteiger partial charge in [0.1, 0.15) is 0 Å². The molecule has 0 unspecified atom stereocenters. The maximum atomic E-state index is 11.5. The second-order valence-electron chi connectivity index (χ2n) is 3.84. The van der Waals surface area contributed by atoms with Crippen molar-refractivity contribution in [1.82, 2.24) is 20.6 Å². The van der Waals surface area contributed by atoms with Crippen LogP contribution in [0, 0.1) is 5.92 Å². The number of rotatable bonds is 3. The number of amides is 1. The van der Waals surface area contributed by atoms with E-state index in [-0.39, 0.29) is 36.2 Å². The molecule has 1 saturated carbocycles. The van der Waals surface area contributed by atoms with Crippen molar-refractivity contribution in [3.8, 4) is 0 Å². The molecule has 0 aliphatic heterocycles. The molecule has 7 nitrogen and oxygen atoms in total. The fourth-order valence-corrected chi connectivity index (χ4v) is 1.95. The number of halogens is 1. The summed E-state index contributed by atoms with van der Waals surface area (Å²) in [6, 6.07) is 0.154. The van der Waals surface area contributed by atoms with Gasteiger partial charge in [-0.25, -0.2) is 0 Å². The van der Waals surface area contributed by atoms with Gasteiger partial charge in [0, 0.05) is 12.5 Å². The van der Waals surface area contributed by atoms with Crippen molar-refractivity contribution in [3.63, 3.8) is 0 Å². The van der Waals surface area contributed by atoms with Gasteiger partial charge < -0.3 is 5.73 Å². The Kier molecular flexibility index (Phi) is 4.63. The average molecular weight is 247 g/mol. The molecule has 1 amide bonds. The number of H-pyrrole nitrogens is 1. The average Bonchev–Trinajstić information content (AvgIpc) is 2.79. The van der Waals surface area contributed by atoms with Crippen LogP contribution in [0.15, 0.2) is 0 Å². The Morgan fingerprint density at radius 2 is 2.38 bits per heavy atom. The number of hydrogen-bond donors (Lipinski definition) is 3. The maximum absolute atomic E-state index is 11.5. The predicted octanol–water partition coefficient (Wildman–Crippen LogP) is 0.0775. The zero-order valence-corrected chi connectivity index (χ0v) is 9.54. The lowest BCUT2D eigenvalue weighted by Gasteiger charge is -2.13. The third-order valence-electron chi connectivity index (χ3n) is 2.76. The van der Waals surface area contributed by atoms with E-state index in [0.717, 1.165) is 19.3 Å². The van der Waals surface area contributed by atoms with E-state index in [1.807, 2.05) is 0 Å². The lowest BCUT2D eigenvalue weighted by Crippen LogP contribution is -2.28. The van der Waals surface area contributed by atoms with E-state index in [1.165, 1.54) is 0 Å². The first-order valence-electron chi connectivity index (χ1n) is 5.04. The molecule has 0 spiro atoms. The molecule has 2 atom stereocenters. The Morgan fingerprint density at radius 1 is 1.56 bits per heavy atom. The minimum atomic E-state index is -0.0984. The monoisotopic (exact) mass is 246 g/mol. The summed E-state index contributed by atoms with van der Waals surface area (Å²) < 4.78 is 0. The van der Waals surface area contributed by atoms with Gasteiger partial charge in [-0.2, -0.15) is 5.21 Å². The highest BCUT2D eigenvalue weighted by Crippen LogP contribution is 2.26. The molecule has 0 aromatic carbocycles. The molecule has 1 aliphatic carbocycles. The smallest absolute Gasteiger partial charge is 0.269 e. The zero-order valence-electron chi connectivity index (χ0n) is 8.72. The van der Waals surface area contributed by atoms with E-state index < -0.39 is 0 Å². The van der Waals surface area contributed by atoms with Gasteiger partial charge in [0.25, 0.3) is 5.95 Å². The van der Waals surface area contributed by atoms with Gasteiger partial charge in [0.05, 0.1) is 0 Å². The molecule has 1 aromatic heterocycles. The Bertz CT molecular complexity index is 329. The summed E-state index contributed by atoms with van der Waals surface area (Å²) in [5, 5.41) is 15.5. The number of carbonyl (C=O) groups is 1. The SMILES string of the molecule is Cl.N[C@@H]1CCC[C@H]1CC(=O)Nc1nn[nH]n1. The summed E-state index contributed by atoms with van der Waals surface area (Å²) in [6.45, 7) is 0. The zero-order chi connectivity index (χ0) is 10.7. The molecule has 0 saturated heterocycles. The van der Waals surface area contributed by atoms with Gasteiger partial charge in [-0.1, -0.05) is 11.5 Å². The van der Waals surface area contributed by atoms with Crippen molar-refractivity contribution in [2.24, 2.45) is 11.7 Å². The molecular formula is C8H15ClN6O. The van der Waals surface area contributed by atoms with E-state index in [2.05, 4.69) is 25.9 Å². The van der Waals surface area contributed by atoms with Crippen LogP contribution in [-0.4, -0.2) is 32.6 Å². The summed E-state index contributed by atoms with van der Waals surface area (Å²) >= 11 is 0. The van der Waals surface area contributed by atoms with Gasteiger partial charge in [0.2, 0.25) is 5.91 Å². The normalized spacial score (nSPS) is 23.8. The number of nitrogens with one attached hydrogen (secondary N) is 2. The minimum Gasteiger partial charge on any atom is -0.327 e. The fourth-order valence-electron chi connectivity index (χ4n) is 1.95. The van der Waals surface area contributed by atoms with Crippen LogP contribution >= 0.6 is 12.4 Å². The van der Waals surface area contributed by atoms with Crippen LogP contribution in [0.4, 0.5) is 5.95 Å². The van der Waals surface area contributed by atoms with Crippen LogP contribution in [0.25, 0.3) is 0 Å². The summed E-state index contributed by atoms with van der Waals surface area (Å²) in [5.74, 6) is 0.405. The summed E-state index contributed by atoms with van der Waals surface area (Å²) in [4.78, 5) is 11.5. The van der Waals surface area contributed by atoms with Gasteiger partial charge in [-0.05, 0) is 24.0 Å². The van der Waals surface area contributed by atoms with Crippen LogP contribution in [0.2, 0.25) is 0 Å².